The highest BCUT2D eigenvalue weighted by Crippen LogP contribution is 2.44. The van der Waals surface area contributed by atoms with Gasteiger partial charge in [-0.3, -0.25) is 15.3 Å². The van der Waals surface area contributed by atoms with Crippen LogP contribution in [0.15, 0.2) is 35.6 Å². The average Bonchev–Trinajstić information content (AvgIpc) is 3.35. The van der Waals surface area contributed by atoms with Crippen molar-refractivity contribution in [3.8, 4) is 0 Å². The summed E-state index contributed by atoms with van der Waals surface area (Å²) in [6.07, 6.45) is 11.8. The first-order valence-corrected chi connectivity index (χ1v) is 11.0. The molecular weight excluding hydrogens is 369 g/mol. The van der Waals surface area contributed by atoms with Crippen LogP contribution in [0.2, 0.25) is 0 Å². The maximum atomic E-state index is 13.8. The fourth-order valence-electron chi connectivity index (χ4n) is 5.88. The van der Waals surface area contributed by atoms with Gasteiger partial charge in [0.25, 0.3) is 0 Å². The van der Waals surface area contributed by atoms with E-state index >= 15 is 0 Å². The molecule has 29 heavy (non-hydrogen) atoms. The van der Waals surface area contributed by atoms with Gasteiger partial charge < -0.3 is 5.32 Å². The van der Waals surface area contributed by atoms with Gasteiger partial charge in [-0.25, -0.2) is 9.18 Å². The summed E-state index contributed by atoms with van der Waals surface area (Å²) in [5, 5.41) is 12.7. The van der Waals surface area contributed by atoms with Gasteiger partial charge in [-0.05, 0) is 43.1 Å². The van der Waals surface area contributed by atoms with Crippen LogP contribution in [0, 0.1) is 11.8 Å². The molecule has 3 N–H and O–H groups in total. The zero-order valence-electron chi connectivity index (χ0n) is 16.7. The molecule has 2 amide bonds. The van der Waals surface area contributed by atoms with Gasteiger partial charge in [0.1, 0.15) is 12.0 Å². The first kappa shape index (κ1) is 18.9. The SMILES string of the molecule is O=C(Nc1ccn[nH]1)NC1CCCCC1N1CC2CC3=C(CC(F)C=C3)CC2C1. The predicted molar refractivity (Wildman–Crippen MR) is 110 cm³/mol. The van der Waals surface area contributed by atoms with E-state index in [1.807, 2.05) is 6.08 Å². The maximum Gasteiger partial charge on any atom is 0.320 e. The van der Waals surface area contributed by atoms with Gasteiger partial charge >= 0.3 is 6.03 Å². The lowest BCUT2D eigenvalue weighted by Crippen LogP contribution is -2.53. The molecule has 1 saturated heterocycles. The van der Waals surface area contributed by atoms with Gasteiger partial charge in [-0.15, -0.1) is 0 Å². The number of aromatic nitrogens is 2. The normalized spacial score (nSPS) is 34.6. The Balaban J connectivity index is 1.22. The number of rotatable bonds is 3. The molecule has 4 aliphatic rings. The smallest absolute Gasteiger partial charge is 0.320 e. The molecule has 0 aromatic carbocycles. The Labute approximate surface area is 171 Å². The Morgan fingerprint density at radius 3 is 2.83 bits per heavy atom. The number of fused-ring (bicyclic) bond motifs is 1. The van der Waals surface area contributed by atoms with E-state index in [-0.39, 0.29) is 12.1 Å². The number of likely N-dealkylation sites (tertiary alicyclic amines) is 1. The molecule has 0 spiro atoms. The van der Waals surface area contributed by atoms with Gasteiger partial charge in [0.2, 0.25) is 0 Å². The Bertz CT molecular complexity index is 804. The van der Waals surface area contributed by atoms with Crippen LogP contribution in [0.3, 0.4) is 0 Å². The van der Waals surface area contributed by atoms with Crippen molar-refractivity contribution in [2.24, 2.45) is 11.8 Å². The van der Waals surface area contributed by atoms with Gasteiger partial charge in [-0.1, -0.05) is 30.6 Å². The van der Waals surface area contributed by atoms with Crippen LogP contribution < -0.4 is 10.6 Å². The highest BCUT2D eigenvalue weighted by Gasteiger charge is 2.42. The summed E-state index contributed by atoms with van der Waals surface area (Å²) in [4.78, 5) is 15.1. The Morgan fingerprint density at radius 1 is 1.17 bits per heavy atom. The lowest BCUT2D eigenvalue weighted by Gasteiger charge is -2.38. The lowest BCUT2D eigenvalue weighted by molar-refractivity contribution is 0.145. The minimum absolute atomic E-state index is 0.168. The first-order valence-electron chi connectivity index (χ1n) is 11.0. The summed E-state index contributed by atoms with van der Waals surface area (Å²) >= 11 is 0. The summed E-state index contributed by atoms with van der Waals surface area (Å²) < 4.78 is 13.8. The van der Waals surface area contributed by atoms with Crippen molar-refractivity contribution in [1.82, 2.24) is 20.4 Å². The van der Waals surface area contributed by atoms with E-state index in [9.17, 15) is 9.18 Å². The zero-order valence-corrected chi connectivity index (χ0v) is 16.7. The second-order valence-corrected chi connectivity index (χ2v) is 9.12. The molecule has 1 saturated carbocycles. The van der Waals surface area contributed by atoms with Crippen molar-refractivity contribution in [2.75, 3.05) is 18.4 Å². The summed E-state index contributed by atoms with van der Waals surface area (Å²) in [6, 6.07) is 2.14. The molecule has 7 heteroatoms. The number of carbonyl (C=O) groups is 1. The molecule has 5 atom stereocenters. The van der Waals surface area contributed by atoms with Crippen molar-refractivity contribution in [2.45, 2.75) is 63.2 Å². The third-order valence-corrected chi connectivity index (χ3v) is 7.26. The van der Waals surface area contributed by atoms with Crippen LogP contribution in [0.1, 0.15) is 44.9 Å². The third kappa shape index (κ3) is 3.97. The number of halogens is 1. The molecule has 0 radical (unpaired) electrons. The summed E-state index contributed by atoms with van der Waals surface area (Å²) in [5.41, 5.74) is 2.74. The van der Waals surface area contributed by atoms with Crippen LogP contribution in [-0.4, -0.2) is 52.5 Å². The van der Waals surface area contributed by atoms with E-state index in [0.29, 0.717) is 30.1 Å². The minimum atomic E-state index is -0.803. The molecule has 5 unspecified atom stereocenters. The Hall–Kier alpha value is -2.15. The van der Waals surface area contributed by atoms with Gasteiger partial charge in [0.05, 0.1) is 6.20 Å². The summed E-state index contributed by atoms with van der Waals surface area (Å²) in [5.74, 6) is 1.91. The van der Waals surface area contributed by atoms with Crippen molar-refractivity contribution in [1.29, 1.82) is 0 Å². The molecule has 2 heterocycles. The molecule has 5 rings (SSSR count). The highest BCUT2D eigenvalue weighted by atomic mass is 19.1. The van der Waals surface area contributed by atoms with Gasteiger partial charge in [0, 0.05) is 37.7 Å². The molecular formula is C22H30FN5O. The predicted octanol–water partition coefficient (Wildman–Crippen LogP) is 3.78. The van der Waals surface area contributed by atoms with Crippen LogP contribution >= 0.6 is 0 Å². The number of anilines is 1. The molecule has 156 valence electrons. The first-order chi connectivity index (χ1) is 14.2. The van der Waals surface area contributed by atoms with Crippen LogP contribution in [0.4, 0.5) is 15.0 Å². The van der Waals surface area contributed by atoms with E-state index in [4.69, 9.17) is 0 Å². The van der Waals surface area contributed by atoms with E-state index in [1.165, 1.54) is 17.6 Å². The van der Waals surface area contributed by atoms with Crippen molar-refractivity contribution < 1.29 is 9.18 Å². The second-order valence-electron chi connectivity index (χ2n) is 9.12. The number of amides is 2. The summed E-state index contributed by atoms with van der Waals surface area (Å²) in [6.45, 7) is 2.17. The molecule has 3 aliphatic carbocycles. The largest absolute Gasteiger partial charge is 0.334 e. The highest BCUT2D eigenvalue weighted by molar-refractivity contribution is 5.88. The molecule has 1 aromatic rings. The number of carbonyl (C=O) groups excluding carboxylic acids is 1. The standard InChI is InChI=1S/C22H30FN5O/c23-18-6-5-14-9-16-12-28(13-17(16)10-15(14)11-18)20-4-2-1-3-19(20)25-22(29)26-21-7-8-24-27-21/h5-8,16-20H,1-4,9-13H2,(H3,24,25,26,27,29). The van der Waals surface area contributed by atoms with E-state index in [2.05, 4.69) is 25.7 Å². The lowest BCUT2D eigenvalue weighted by atomic mass is 9.75. The number of allylic oxidation sites excluding steroid dienone is 4. The number of H-pyrrole nitrogens is 1. The van der Waals surface area contributed by atoms with Crippen molar-refractivity contribution in [3.63, 3.8) is 0 Å². The quantitative estimate of drug-likeness (QED) is 0.724. The third-order valence-electron chi connectivity index (χ3n) is 7.26. The van der Waals surface area contributed by atoms with Crippen LogP contribution in [0.25, 0.3) is 0 Å². The van der Waals surface area contributed by atoms with E-state index in [0.717, 1.165) is 45.2 Å². The van der Waals surface area contributed by atoms with Crippen molar-refractivity contribution in [3.05, 3.63) is 35.6 Å². The Kier molecular flexibility index (Phi) is 5.16. The second kappa shape index (κ2) is 7.94. The maximum absolute atomic E-state index is 13.8. The van der Waals surface area contributed by atoms with Gasteiger partial charge in [-0.2, -0.15) is 5.10 Å². The number of nitrogens with zero attached hydrogens (tertiary/aromatic N) is 2. The molecule has 2 fully saturated rings. The number of hydrogen-bond acceptors (Lipinski definition) is 3. The Morgan fingerprint density at radius 2 is 2.00 bits per heavy atom. The fourth-order valence-corrected chi connectivity index (χ4v) is 5.88. The number of aromatic amines is 1. The fraction of sp³-hybridized carbons (Fsp3) is 0.636. The molecule has 6 nitrogen and oxygen atoms in total. The van der Waals surface area contributed by atoms with Gasteiger partial charge in [0.15, 0.2) is 0 Å². The van der Waals surface area contributed by atoms with Crippen LogP contribution in [0.5, 0.6) is 0 Å². The number of alkyl halides is 1. The van der Waals surface area contributed by atoms with E-state index in [1.54, 1.807) is 18.3 Å². The molecule has 1 aromatic heterocycles. The zero-order chi connectivity index (χ0) is 19.8. The summed E-state index contributed by atoms with van der Waals surface area (Å²) in [7, 11) is 0. The molecule has 1 aliphatic heterocycles. The molecule has 0 bridgehead atoms. The van der Waals surface area contributed by atoms with Crippen molar-refractivity contribution >= 4 is 11.8 Å². The average molecular weight is 400 g/mol. The number of nitrogens with one attached hydrogen (secondary N) is 3. The topological polar surface area (TPSA) is 73.0 Å². The van der Waals surface area contributed by atoms with E-state index < -0.39 is 6.17 Å². The minimum Gasteiger partial charge on any atom is -0.334 e. The number of hydrogen-bond donors (Lipinski definition) is 3. The monoisotopic (exact) mass is 399 g/mol. The van der Waals surface area contributed by atoms with Crippen LogP contribution in [-0.2, 0) is 0 Å². The number of urea groups is 1.